The quantitative estimate of drug-likeness (QED) is 0.637. The second-order valence-corrected chi connectivity index (χ2v) is 8.63. The van der Waals surface area contributed by atoms with Crippen molar-refractivity contribution in [2.45, 2.75) is 52.1 Å². The molecule has 1 unspecified atom stereocenters. The number of carbonyl (C=O) groups is 3. The molecule has 1 aliphatic rings. The molecule has 8 heteroatoms. The number of nitrogens with one attached hydrogen (secondary N) is 1. The summed E-state index contributed by atoms with van der Waals surface area (Å²) in [6.45, 7) is 5.32. The predicted molar refractivity (Wildman–Crippen MR) is 110 cm³/mol. The summed E-state index contributed by atoms with van der Waals surface area (Å²) in [7, 11) is 0. The van der Waals surface area contributed by atoms with E-state index in [2.05, 4.69) is 5.32 Å². The van der Waals surface area contributed by atoms with Gasteiger partial charge in [-0.15, -0.1) is 0 Å². The third-order valence-electron chi connectivity index (χ3n) is 4.96. The number of amides is 2. The van der Waals surface area contributed by atoms with Gasteiger partial charge >= 0.3 is 12.1 Å². The lowest BCUT2D eigenvalue weighted by molar-refractivity contribution is -0.137. The number of carboxylic acid groups (broad SMARTS) is 1. The fourth-order valence-corrected chi connectivity index (χ4v) is 3.47. The number of nitrogens with zero attached hydrogens (tertiary/aromatic N) is 1. The maximum absolute atomic E-state index is 12.9. The SMILES string of the molecule is CC(C)(C)OC(=O)NCC(CCF)CCc1ccc2c(c1)CCN(CC(=O)O)C2=O. The van der Waals surface area contributed by atoms with E-state index < -0.39 is 24.3 Å². The highest BCUT2D eigenvalue weighted by molar-refractivity contribution is 5.98. The van der Waals surface area contributed by atoms with E-state index in [1.165, 1.54) is 4.90 Å². The maximum Gasteiger partial charge on any atom is 0.407 e. The van der Waals surface area contributed by atoms with E-state index in [4.69, 9.17) is 9.84 Å². The van der Waals surface area contributed by atoms with Crippen LogP contribution in [-0.2, 0) is 22.4 Å². The van der Waals surface area contributed by atoms with Crippen LogP contribution in [0.2, 0.25) is 0 Å². The lowest BCUT2D eigenvalue weighted by Gasteiger charge is -2.27. The summed E-state index contributed by atoms with van der Waals surface area (Å²) in [6, 6.07) is 5.57. The number of hydrogen-bond acceptors (Lipinski definition) is 4. The van der Waals surface area contributed by atoms with Crippen LogP contribution in [0.25, 0.3) is 0 Å². The molecular formula is C22H31FN2O5. The molecule has 0 bridgehead atoms. The van der Waals surface area contributed by atoms with Crippen LogP contribution in [0.1, 0.15) is 55.1 Å². The zero-order chi connectivity index (χ0) is 22.3. The standard InChI is InChI=1S/C22H31FN2O5/c1-22(2,3)30-21(29)24-13-16(8-10-23)5-4-15-6-7-18-17(12-15)9-11-25(20(18)28)14-19(26)27/h6-7,12,16H,4-5,8-11,13-14H2,1-3H3,(H,24,29)(H,26,27). The highest BCUT2D eigenvalue weighted by Crippen LogP contribution is 2.22. The number of aliphatic carboxylic acids is 1. The first kappa shape index (κ1) is 23.6. The normalized spacial score (nSPS) is 14.8. The lowest BCUT2D eigenvalue weighted by Crippen LogP contribution is -2.40. The van der Waals surface area contributed by atoms with E-state index in [-0.39, 0.29) is 18.4 Å². The van der Waals surface area contributed by atoms with Gasteiger partial charge in [-0.25, -0.2) is 4.79 Å². The van der Waals surface area contributed by atoms with Crippen LogP contribution >= 0.6 is 0 Å². The molecule has 0 radical (unpaired) electrons. The molecule has 0 aromatic heterocycles. The van der Waals surface area contributed by atoms with Gasteiger partial charge in [0.25, 0.3) is 5.91 Å². The molecule has 0 fully saturated rings. The molecule has 2 rings (SSSR count). The van der Waals surface area contributed by atoms with Gasteiger partial charge in [0.1, 0.15) is 12.1 Å². The summed E-state index contributed by atoms with van der Waals surface area (Å²) in [5.41, 5.74) is 1.90. The average molecular weight is 422 g/mol. The lowest BCUT2D eigenvalue weighted by atomic mass is 9.92. The third-order valence-corrected chi connectivity index (χ3v) is 4.96. The van der Waals surface area contributed by atoms with Crippen molar-refractivity contribution in [3.05, 3.63) is 34.9 Å². The van der Waals surface area contributed by atoms with Crippen molar-refractivity contribution >= 4 is 18.0 Å². The largest absolute Gasteiger partial charge is 0.480 e. The van der Waals surface area contributed by atoms with Crippen LogP contribution in [0.15, 0.2) is 18.2 Å². The molecule has 7 nitrogen and oxygen atoms in total. The van der Waals surface area contributed by atoms with E-state index in [1.54, 1.807) is 26.8 Å². The van der Waals surface area contributed by atoms with Crippen LogP contribution in [-0.4, -0.2) is 59.9 Å². The van der Waals surface area contributed by atoms with Crippen LogP contribution in [0.5, 0.6) is 0 Å². The monoisotopic (exact) mass is 422 g/mol. The minimum atomic E-state index is -1.03. The molecule has 2 N–H and O–H groups in total. The molecule has 1 aliphatic heterocycles. The van der Waals surface area contributed by atoms with Gasteiger partial charge in [-0.05, 0) is 69.6 Å². The van der Waals surface area contributed by atoms with E-state index in [0.29, 0.717) is 44.3 Å². The number of alkyl halides is 1. The first-order valence-electron chi connectivity index (χ1n) is 10.2. The second kappa shape index (κ2) is 10.4. The van der Waals surface area contributed by atoms with E-state index >= 15 is 0 Å². The molecule has 2 amide bonds. The Balaban J connectivity index is 1.93. The van der Waals surface area contributed by atoms with Gasteiger partial charge < -0.3 is 20.1 Å². The number of carbonyl (C=O) groups excluding carboxylic acids is 2. The molecule has 1 heterocycles. The minimum absolute atomic E-state index is 0.0220. The Morgan fingerprint density at radius 1 is 1.30 bits per heavy atom. The first-order chi connectivity index (χ1) is 14.1. The molecule has 1 aromatic rings. The van der Waals surface area contributed by atoms with Crippen LogP contribution in [0, 0.1) is 5.92 Å². The van der Waals surface area contributed by atoms with Crippen molar-refractivity contribution in [1.29, 1.82) is 0 Å². The molecular weight excluding hydrogens is 391 g/mol. The van der Waals surface area contributed by atoms with Crippen molar-refractivity contribution in [3.63, 3.8) is 0 Å². The summed E-state index contributed by atoms with van der Waals surface area (Å²) in [6.07, 6.45) is 1.84. The Bertz CT molecular complexity index is 775. The van der Waals surface area contributed by atoms with Gasteiger partial charge in [-0.2, -0.15) is 0 Å². The zero-order valence-electron chi connectivity index (χ0n) is 17.9. The Morgan fingerprint density at radius 3 is 2.67 bits per heavy atom. The van der Waals surface area contributed by atoms with Gasteiger partial charge in [-0.3, -0.25) is 14.0 Å². The van der Waals surface area contributed by atoms with E-state index in [1.807, 2.05) is 12.1 Å². The summed E-state index contributed by atoms with van der Waals surface area (Å²) in [5.74, 6) is -1.31. The summed E-state index contributed by atoms with van der Waals surface area (Å²) in [5, 5.41) is 11.6. The number of ether oxygens (including phenoxy) is 1. The molecule has 1 aromatic carbocycles. The molecule has 0 aliphatic carbocycles. The van der Waals surface area contributed by atoms with Crippen LogP contribution in [0.4, 0.5) is 9.18 Å². The fraction of sp³-hybridized carbons (Fsp3) is 0.591. The number of hydrogen-bond donors (Lipinski definition) is 2. The molecule has 0 saturated carbocycles. The topological polar surface area (TPSA) is 95.9 Å². The van der Waals surface area contributed by atoms with Gasteiger partial charge in [0.05, 0.1) is 6.67 Å². The Kier molecular flexibility index (Phi) is 8.20. The first-order valence-corrected chi connectivity index (χ1v) is 10.2. The highest BCUT2D eigenvalue weighted by atomic mass is 19.1. The van der Waals surface area contributed by atoms with Crippen molar-refractivity contribution in [3.8, 4) is 0 Å². The molecule has 0 saturated heterocycles. The third kappa shape index (κ3) is 7.31. The summed E-state index contributed by atoms with van der Waals surface area (Å²) >= 11 is 0. The van der Waals surface area contributed by atoms with E-state index in [9.17, 15) is 18.8 Å². The average Bonchev–Trinajstić information content (AvgIpc) is 2.64. The van der Waals surface area contributed by atoms with Crippen LogP contribution < -0.4 is 5.32 Å². The molecule has 30 heavy (non-hydrogen) atoms. The van der Waals surface area contributed by atoms with Crippen molar-refractivity contribution in [2.75, 3.05) is 26.3 Å². The molecule has 166 valence electrons. The van der Waals surface area contributed by atoms with Gasteiger partial charge in [0.15, 0.2) is 0 Å². The van der Waals surface area contributed by atoms with Crippen molar-refractivity contribution < 1.29 is 28.6 Å². The number of rotatable bonds is 9. The van der Waals surface area contributed by atoms with Crippen molar-refractivity contribution in [1.82, 2.24) is 10.2 Å². The Labute approximate surface area is 176 Å². The minimum Gasteiger partial charge on any atom is -0.480 e. The van der Waals surface area contributed by atoms with Gasteiger partial charge in [0, 0.05) is 18.7 Å². The second-order valence-electron chi connectivity index (χ2n) is 8.63. The summed E-state index contributed by atoms with van der Waals surface area (Å²) in [4.78, 5) is 36.5. The fourth-order valence-electron chi connectivity index (χ4n) is 3.47. The number of carboxylic acids is 1. The van der Waals surface area contributed by atoms with E-state index in [0.717, 1.165) is 11.1 Å². The van der Waals surface area contributed by atoms with Gasteiger partial charge in [0.2, 0.25) is 0 Å². The number of benzene rings is 1. The number of fused-ring (bicyclic) bond motifs is 1. The number of halogens is 1. The Morgan fingerprint density at radius 2 is 2.03 bits per heavy atom. The highest BCUT2D eigenvalue weighted by Gasteiger charge is 2.26. The zero-order valence-corrected chi connectivity index (χ0v) is 17.9. The predicted octanol–water partition coefficient (Wildman–Crippen LogP) is 3.20. The number of aryl methyl sites for hydroxylation is 1. The molecule has 0 spiro atoms. The molecule has 1 atom stereocenters. The van der Waals surface area contributed by atoms with Crippen molar-refractivity contribution in [2.24, 2.45) is 5.92 Å². The summed E-state index contributed by atoms with van der Waals surface area (Å²) < 4.78 is 18.1. The van der Waals surface area contributed by atoms with Gasteiger partial charge in [-0.1, -0.05) is 12.1 Å². The number of alkyl carbamates (subject to hydrolysis) is 1. The smallest absolute Gasteiger partial charge is 0.407 e. The van der Waals surface area contributed by atoms with Crippen LogP contribution in [0.3, 0.4) is 0 Å². The Hall–Kier alpha value is -2.64. The maximum atomic E-state index is 12.9.